The van der Waals surface area contributed by atoms with Gasteiger partial charge in [0.25, 0.3) is 0 Å². The van der Waals surface area contributed by atoms with Crippen molar-refractivity contribution in [3.63, 3.8) is 0 Å². The van der Waals surface area contributed by atoms with Gasteiger partial charge in [0.05, 0.1) is 18.2 Å². The first kappa shape index (κ1) is 13.4. The number of hydrogen-bond donors (Lipinski definition) is 1. The fraction of sp³-hybridized carbons (Fsp3) is 0.333. The molecule has 16 heavy (non-hydrogen) atoms. The van der Waals surface area contributed by atoms with Crippen LogP contribution in [0.4, 0.5) is 0 Å². The minimum Gasteiger partial charge on any atom is -0.494 e. The van der Waals surface area contributed by atoms with E-state index < -0.39 is 9.84 Å². The molecule has 5 nitrogen and oxygen atoms in total. The van der Waals surface area contributed by atoms with E-state index in [0.717, 1.165) is 6.26 Å². The summed E-state index contributed by atoms with van der Waals surface area (Å²) in [6.45, 7) is 0.130. The molecule has 90 valence electrons. The van der Waals surface area contributed by atoms with Crippen LogP contribution in [0.15, 0.2) is 21.5 Å². The van der Waals surface area contributed by atoms with Gasteiger partial charge in [0.1, 0.15) is 4.90 Å². The molecule has 1 aromatic rings. The molecule has 0 aromatic heterocycles. The second kappa shape index (κ2) is 5.13. The Morgan fingerprint density at radius 2 is 2.06 bits per heavy atom. The van der Waals surface area contributed by atoms with E-state index in [-0.39, 0.29) is 17.3 Å². The molecule has 0 unspecified atom stereocenters. The standard InChI is InChI=1S/C9H12BrNO4S/c1-14-9-7(10)3-6(5-15-11)4-8(9)16(2,12)13/h3-4H,5,11H2,1-2H3. The van der Waals surface area contributed by atoms with Gasteiger partial charge in [-0.3, -0.25) is 4.84 Å². The first-order valence-corrected chi connectivity index (χ1v) is 6.96. The van der Waals surface area contributed by atoms with Gasteiger partial charge >= 0.3 is 0 Å². The van der Waals surface area contributed by atoms with Crippen LogP contribution >= 0.6 is 15.9 Å². The molecule has 0 bridgehead atoms. The lowest BCUT2D eigenvalue weighted by Crippen LogP contribution is -2.05. The Kier molecular flexibility index (Phi) is 4.31. The zero-order valence-corrected chi connectivity index (χ0v) is 11.3. The van der Waals surface area contributed by atoms with Crippen molar-refractivity contribution < 1.29 is 18.0 Å². The van der Waals surface area contributed by atoms with Crippen molar-refractivity contribution in [1.29, 1.82) is 0 Å². The molecular formula is C9H12BrNO4S. The number of methoxy groups -OCH3 is 1. The quantitative estimate of drug-likeness (QED) is 0.847. The molecule has 0 aliphatic heterocycles. The van der Waals surface area contributed by atoms with Crippen LogP contribution in [0.1, 0.15) is 5.56 Å². The van der Waals surface area contributed by atoms with E-state index in [1.54, 1.807) is 6.07 Å². The summed E-state index contributed by atoms with van der Waals surface area (Å²) >= 11 is 3.23. The van der Waals surface area contributed by atoms with Crippen molar-refractivity contribution in [2.75, 3.05) is 13.4 Å². The van der Waals surface area contributed by atoms with Crippen molar-refractivity contribution in [3.05, 3.63) is 22.2 Å². The Hall–Kier alpha value is -0.630. The zero-order chi connectivity index (χ0) is 12.3. The molecule has 1 aromatic carbocycles. The van der Waals surface area contributed by atoms with Crippen LogP contribution in [-0.2, 0) is 21.3 Å². The van der Waals surface area contributed by atoms with Crippen molar-refractivity contribution in [2.45, 2.75) is 11.5 Å². The van der Waals surface area contributed by atoms with Crippen LogP contribution in [0, 0.1) is 0 Å². The van der Waals surface area contributed by atoms with Gasteiger partial charge in [-0.15, -0.1) is 0 Å². The molecule has 0 aliphatic carbocycles. The maximum absolute atomic E-state index is 11.5. The molecule has 0 saturated carbocycles. The van der Waals surface area contributed by atoms with Crippen LogP contribution in [0.2, 0.25) is 0 Å². The number of benzene rings is 1. The van der Waals surface area contributed by atoms with Gasteiger partial charge in [0.15, 0.2) is 15.6 Å². The Morgan fingerprint density at radius 1 is 1.44 bits per heavy atom. The molecule has 0 aliphatic rings. The lowest BCUT2D eigenvalue weighted by atomic mass is 10.2. The highest BCUT2D eigenvalue weighted by atomic mass is 79.9. The normalized spacial score (nSPS) is 11.5. The van der Waals surface area contributed by atoms with E-state index in [0.29, 0.717) is 10.0 Å². The minimum atomic E-state index is -3.36. The Balaban J connectivity index is 3.43. The Morgan fingerprint density at radius 3 is 2.50 bits per heavy atom. The molecule has 0 heterocycles. The van der Waals surface area contributed by atoms with Crippen LogP contribution in [0.5, 0.6) is 5.75 Å². The lowest BCUT2D eigenvalue weighted by Gasteiger charge is -2.11. The monoisotopic (exact) mass is 309 g/mol. The molecule has 0 saturated heterocycles. The Bertz CT molecular complexity index is 487. The molecule has 0 fully saturated rings. The van der Waals surface area contributed by atoms with Crippen molar-refractivity contribution in [2.24, 2.45) is 5.90 Å². The summed E-state index contributed by atoms with van der Waals surface area (Å²) in [5.41, 5.74) is 0.649. The van der Waals surface area contributed by atoms with E-state index in [4.69, 9.17) is 10.6 Å². The predicted molar refractivity (Wildman–Crippen MR) is 62.8 cm³/mol. The third-order valence-corrected chi connectivity index (χ3v) is 3.61. The molecule has 7 heteroatoms. The van der Waals surface area contributed by atoms with Crippen LogP contribution in [0.3, 0.4) is 0 Å². The predicted octanol–water partition coefficient (Wildman–Crippen LogP) is 1.25. The highest BCUT2D eigenvalue weighted by Crippen LogP contribution is 2.33. The summed E-state index contributed by atoms with van der Waals surface area (Å²) < 4.78 is 28.7. The van der Waals surface area contributed by atoms with Gasteiger partial charge in [-0.05, 0) is 33.6 Å². The topological polar surface area (TPSA) is 78.6 Å². The third kappa shape index (κ3) is 2.94. The lowest BCUT2D eigenvalue weighted by molar-refractivity contribution is 0.124. The van der Waals surface area contributed by atoms with Gasteiger partial charge < -0.3 is 4.74 Å². The van der Waals surface area contributed by atoms with Crippen LogP contribution in [0.25, 0.3) is 0 Å². The molecule has 0 radical (unpaired) electrons. The average Bonchev–Trinajstić information content (AvgIpc) is 2.16. The van der Waals surface area contributed by atoms with Gasteiger partial charge in [0, 0.05) is 6.26 Å². The van der Waals surface area contributed by atoms with E-state index >= 15 is 0 Å². The van der Waals surface area contributed by atoms with Gasteiger partial charge in [-0.25, -0.2) is 14.3 Å². The second-order valence-electron chi connectivity index (χ2n) is 3.19. The molecule has 0 atom stereocenters. The number of hydrogen-bond acceptors (Lipinski definition) is 5. The zero-order valence-electron chi connectivity index (χ0n) is 8.86. The van der Waals surface area contributed by atoms with E-state index in [1.807, 2.05) is 0 Å². The number of sulfone groups is 1. The molecular weight excluding hydrogens is 298 g/mol. The van der Waals surface area contributed by atoms with Crippen molar-refractivity contribution in [1.82, 2.24) is 0 Å². The average molecular weight is 310 g/mol. The third-order valence-electron chi connectivity index (χ3n) is 1.92. The number of rotatable bonds is 4. The first-order valence-electron chi connectivity index (χ1n) is 4.28. The molecule has 0 spiro atoms. The highest BCUT2D eigenvalue weighted by Gasteiger charge is 2.18. The summed E-state index contributed by atoms with van der Waals surface area (Å²) in [7, 11) is -1.95. The fourth-order valence-electron chi connectivity index (χ4n) is 1.27. The SMILES string of the molecule is COc1c(Br)cc(CON)cc1S(C)(=O)=O. The smallest absolute Gasteiger partial charge is 0.179 e. The summed E-state index contributed by atoms with van der Waals surface area (Å²) in [6, 6.07) is 3.17. The van der Waals surface area contributed by atoms with E-state index in [9.17, 15) is 8.42 Å². The maximum atomic E-state index is 11.5. The largest absolute Gasteiger partial charge is 0.494 e. The number of ether oxygens (including phenoxy) is 1. The fourth-order valence-corrected chi connectivity index (χ4v) is 2.97. The van der Waals surface area contributed by atoms with E-state index in [2.05, 4.69) is 20.8 Å². The van der Waals surface area contributed by atoms with Crippen LogP contribution < -0.4 is 10.6 Å². The molecule has 0 amide bonds. The number of halogens is 1. The second-order valence-corrected chi connectivity index (χ2v) is 6.03. The molecule has 1 rings (SSSR count). The molecule has 2 N–H and O–H groups in total. The minimum absolute atomic E-state index is 0.108. The Labute approximate surface area is 103 Å². The van der Waals surface area contributed by atoms with Gasteiger partial charge in [-0.2, -0.15) is 0 Å². The maximum Gasteiger partial charge on any atom is 0.179 e. The first-order chi connectivity index (χ1) is 7.40. The van der Waals surface area contributed by atoms with Gasteiger partial charge in [0.2, 0.25) is 0 Å². The van der Waals surface area contributed by atoms with E-state index in [1.165, 1.54) is 13.2 Å². The van der Waals surface area contributed by atoms with Crippen LogP contribution in [-0.4, -0.2) is 21.8 Å². The summed E-state index contributed by atoms with van der Waals surface area (Å²) in [4.78, 5) is 4.58. The van der Waals surface area contributed by atoms with Gasteiger partial charge in [-0.1, -0.05) is 0 Å². The number of nitrogens with two attached hydrogens (primary N) is 1. The summed E-state index contributed by atoms with van der Waals surface area (Å²) in [5.74, 6) is 5.23. The van der Waals surface area contributed by atoms with Crippen molar-refractivity contribution in [3.8, 4) is 5.75 Å². The summed E-state index contributed by atoms with van der Waals surface area (Å²) in [6.07, 6.45) is 1.12. The summed E-state index contributed by atoms with van der Waals surface area (Å²) in [5, 5.41) is 0. The highest BCUT2D eigenvalue weighted by molar-refractivity contribution is 9.10. The van der Waals surface area contributed by atoms with Crippen molar-refractivity contribution >= 4 is 25.8 Å².